The highest BCUT2D eigenvalue weighted by atomic mass is 16.5. The molecule has 6 bridgehead atoms. The molecule has 4 aromatic rings. The zero-order valence-electron chi connectivity index (χ0n) is 22.9. The predicted octanol–water partition coefficient (Wildman–Crippen LogP) is 7.31. The number of likely N-dealkylation sites (tertiary alicyclic amines) is 1. The molecule has 1 saturated heterocycles. The van der Waals surface area contributed by atoms with Crippen molar-refractivity contribution in [2.75, 3.05) is 26.2 Å². The predicted molar refractivity (Wildman–Crippen MR) is 159 cm³/mol. The van der Waals surface area contributed by atoms with Crippen LogP contribution in [0, 0.1) is 0 Å². The fourth-order valence-electron chi connectivity index (χ4n) is 5.84. The highest BCUT2D eigenvalue weighted by Gasteiger charge is 2.18. The SMILES string of the molecule is Oc1ccc2cc1Oc1ccc(cc1)CCc1cccc(OCCN3CCCCC3)c1-c1ccc(cc1O)CC2. The summed E-state index contributed by atoms with van der Waals surface area (Å²) in [5.41, 5.74) is 6.24. The van der Waals surface area contributed by atoms with E-state index in [2.05, 4.69) is 35.2 Å². The lowest BCUT2D eigenvalue weighted by molar-refractivity contribution is 0.183. The first-order valence-electron chi connectivity index (χ1n) is 14.5. The lowest BCUT2D eigenvalue weighted by atomic mass is 9.92. The normalized spacial score (nSPS) is 15.6. The molecule has 0 radical (unpaired) electrons. The number of piperidine rings is 1. The van der Waals surface area contributed by atoms with Gasteiger partial charge in [0.25, 0.3) is 0 Å². The summed E-state index contributed by atoms with van der Waals surface area (Å²) in [6, 6.07) is 25.8. The number of hydrogen-bond donors (Lipinski definition) is 2. The summed E-state index contributed by atoms with van der Waals surface area (Å²) < 4.78 is 12.5. The number of ether oxygens (including phenoxy) is 2. The first kappa shape index (κ1) is 26.3. The zero-order valence-corrected chi connectivity index (χ0v) is 22.9. The molecule has 5 heterocycles. The second kappa shape index (κ2) is 12.1. The van der Waals surface area contributed by atoms with Gasteiger partial charge in [-0.15, -0.1) is 0 Å². The van der Waals surface area contributed by atoms with Gasteiger partial charge >= 0.3 is 0 Å². The number of rotatable bonds is 4. The van der Waals surface area contributed by atoms with Gasteiger partial charge in [-0.25, -0.2) is 0 Å². The first-order valence-corrected chi connectivity index (χ1v) is 14.5. The number of nitrogens with zero attached hydrogens (tertiary/aromatic N) is 1. The Bertz CT molecular complexity index is 1460. The Morgan fingerprint density at radius 2 is 1.43 bits per heavy atom. The molecule has 4 aromatic carbocycles. The molecule has 5 heteroatoms. The number of aromatic hydroxyl groups is 2. The molecule has 0 saturated carbocycles. The minimum absolute atomic E-state index is 0.120. The van der Waals surface area contributed by atoms with E-state index in [1.54, 1.807) is 6.07 Å². The lowest BCUT2D eigenvalue weighted by Gasteiger charge is -2.26. The Morgan fingerprint density at radius 1 is 0.700 bits per heavy atom. The van der Waals surface area contributed by atoms with Crippen molar-refractivity contribution in [1.29, 1.82) is 0 Å². The van der Waals surface area contributed by atoms with Crippen LogP contribution in [-0.2, 0) is 25.7 Å². The van der Waals surface area contributed by atoms with E-state index in [1.165, 1.54) is 24.8 Å². The third kappa shape index (κ3) is 6.10. The van der Waals surface area contributed by atoms with E-state index < -0.39 is 0 Å². The highest BCUT2D eigenvalue weighted by Crippen LogP contribution is 2.40. The topological polar surface area (TPSA) is 62.2 Å². The van der Waals surface area contributed by atoms with E-state index in [-0.39, 0.29) is 11.5 Å². The fourth-order valence-corrected chi connectivity index (χ4v) is 5.84. The average Bonchev–Trinajstić information content (AvgIpc) is 2.98. The summed E-state index contributed by atoms with van der Waals surface area (Å²) in [5.74, 6) is 2.36. The molecule has 206 valence electrons. The van der Waals surface area contributed by atoms with Gasteiger partial charge in [0, 0.05) is 17.7 Å². The monoisotopic (exact) mass is 535 g/mol. The molecule has 0 amide bonds. The van der Waals surface area contributed by atoms with Crippen molar-refractivity contribution in [3.8, 4) is 39.9 Å². The van der Waals surface area contributed by atoms with Gasteiger partial charge in [-0.1, -0.05) is 48.9 Å². The highest BCUT2D eigenvalue weighted by molar-refractivity contribution is 5.79. The second-order valence-corrected chi connectivity index (χ2v) is 10.9. The van der Waals surface area contributed by atoms with Gasteiger partial charge in [-0.3, -0.25) is 4.90 Å². The summed E-state index contributed by atoms with van der Waals surface area (Å²) in [4.78, 5) is 2.48. The minimum Gasteiger partial charge on any atom is -0.507 e. The van der Waals surface area contributed by atoms with Crippen molar-refractivity contribution in [3.63, 3.8) is 0 Å². The van der Waals surface area contributed by atoms with Crippen LogP contribution in [0.25, 0.3) is 11.1 Å². The van der Waals surface area contributed by atoms with Crippen molar-refractivity contribution >= 4 is 0 Å². The molecular weight excluding hydrogens is 498 g/mol. The van der Waals surface area contributed by atoms with Crippen molar-refractivity contribution in [2.45, 2.75) is 44.9 Å². The quantitative estimate of drug-likeness (QED) is 0.287. The van der Waals surface area contributed by atoms with E-state index in [9.17, 15) is 10.2 Å². The van der Waals surface area contributed by atoms with Crippen molar-refractivity contribution in [3.05, 3.63) is 101 Å². The molecule has 2 N–H and O–H groups in total. The van der Waals surface area contributed by atoms with Crippen LogP contribution in [0.2, 0.25) is 0 Å². The second-order valence-electron chi connectivity index (χ2n) is 10.9. The number of hydrogen-bond acceptors (Lipinski definition) is 5. The Balaban J connectivity index is 1.34. The molecule has 5 aliphatic rings. The maximum Gasteiger partial charge on any atom is 0.169 e. The Kier molecular flexibility index (Phi) is 7.92. The molecule has 0 aliphatic carbocycles. The van der Waals surface area contributed by atoms with Crippen molar-refractivity contribution in [2.24, 2.45) is 0 Å². The molecule has 0 aromatic heterocycles. The maximum absolute atomic E-state index is 11.3. The molecule has 5 nitrogen and oxygen atoms in total. The van der Waals surface area contributed by atoms with Crippen LogP contribution in [0.5, 0.6) is 28.7 Å². The summed E-state index contributed by atoms with van der Waals surface area (Å²) in [6.07, 6.45) is 7.02. The first-order chi connectivity index (χ1) is 19.6. The van der Waals surface area contributed by atoms with Crippen LogP contribution < -0.4 is 9.47 Å². The van der Waals surface area contributed by atoms with Crippen LogP contribution >= 0.6 is 0 Å². The summed E-state index contributed by atoms with van der Waals surface area (Å²) in [5, 5.41) is 21.6. The van der Waals surface area contributed by atoms with Crippen molar-refractivity contribution in [1.82, 2.24) is 4.90 Å². The minimum atomic E-state index is 0.120. The number of aryl methyl sites for hydroxylation is 4. The molecule has 0 unspecified atom stereocenters. The maximum atomic E-state index is 11.3. The fraction of sp³-hybridized carbons (Fsp3) is 0.314. The van der Waals surface area contributed by atoms with Crippen LogP contribution in [0.15, 0.2) is 78.9 Å². The third-order valence-corrected chi connectivity index (χ3v) is 8.12. The van der Waals surface area contributed by atoms with Crippen LogP contribution in [0.4, 0.5) is 0 Å². The van der Waals surface area contributed by atoms with Crippen molar-refractivity contribution < 1.29 is 19.7 Å². The molecule has 1 fully saturated rings. The van der Waals surface area contributed by atoms with E-state index in [4.69, 9.17) is 9.47 Å². The third-order valence-electron chi connectivity index (χ3n) is 8.12. The van der Waals surface area contributed by atoms with Gasteiger partial charge in [0.1, 0.15) is 23.9 Å². The summed E-state index contributed by atoms with van der Waals surface area (Å²) >= 11 is 0. The van der Waals surface area contributed by atoms with Gasteiger partial charge < -0.3 is 19.7 Å². The van der Waals surface area contributed by atoms with Gasteiger partial charge in [-0.05, 0) is 110 Å². The number of phenolic OH excluding ortho intramolecular Hbond substituents is 2. The van der Waals surface area contributed by atoms with E-state index in [1.807, 2.05) is 42.5 Å². The van der Waals surface area contributed by atoms with E-state index in [0.29, 0.717) is 18.1 Å². The lowest BCUT2D eigenvalue weighted by Crippen LogP contribution is -2.33. The van der Waals surface area contributed by atoms with Gasteiger partial charge in [0.15, 0.2) is 11.5 Å². The van der Waals surface area contributed by atoms with Crippen LogP contribution in [0.3, 0.4) is 0 Å². The molecule has 0 atom stereocenters. The Morgan fingerprint density at radius 3 is 2.23 bits per heavy atom. The molecular formula is C35H37NO4. The molecule has 40 heavy (non-hydrogen) atoms. The smallest absolute Gasteiger partial charge is 0.169 e. The van der Waals surface area contributed by atoms with E-state index in [0.717, 1.165) is 78.9 Å². The summed E-state index contributed by atoms with van der Waals surface area (Å²) in [6.45, 7) is 3.84. The van der Waals surface area contributed by atoms with Gasteiger partial charge in [-0.2, -0.15) is 0 Å². The van der Waals surface area contributed by atoms with Gasteiger partial charge in [0.2, 0.25) is 0 Å². The number of benzene rings is 4. The standard InChI is InChI=1S/C35H37NO4/c37-31-18-13-27-8-7-26-12-17-30(32(38)23-26)35-28(14-9-25-10-15-29(16-11-25)40-34(31)24-27)5-4-6-33(35)39-22-21-36-19-2-1-3-20-36/h4-6,10-13,15-18,23-24,37-38H,1-3,7-9,14,19-22H2. The Hall–Kier alpha value is -3.96. The zero-order chi connectivity index (χ0) is 27.3. The molecule has 0 spiro atoms. The van der Waals surface area contributed by atoms with Gasteiger partial charge in [0.05, 0.1) is 0 Å². The molecule has 9 rings (SSSR count). The largest absolute Gasteiger partial charge is 0.507 e. The van der Waals surface area contributed by atoms with E-state index >= 15 is 0 Å². The summed E-state index contributed by atoms with van der Waals surface area (Å²) in [7, 11) is 0. The van der Waals surface area contributed by atoms with Crippen LogP contribution in [0.1, 0.15) is 41.5 Å². The number of phenols is 2. The molecule has 5 aliphatic heterocycles. The Labute approximate surface area is 236 Å². The van der Waals surface area contributed by atoms with Crippen LogP contribution in [-0.4, -0.2) is 41.4 Å². The average molecular weight is 536 g/mol.